The smallest absolute Gasteiger partial charge is 0.144 e. The molecule has 1 saturated carbocycles. The molecule has 0 aliphatic heterocycles. The Morgan fingerprint density at radius 1 is 1.19 bits per heavy atom. The van der Waals surface area contributed by atoms with Crippen molar-refractivity contribution in [2.24, 2.45) is 0 Å². The number of aliphatic hydroxyl groups is 1. The van der Waals surface area contributed by atoms with Crippen molar-refractivity contribution in [3.8, 4) is 6.07 Å². The predicted molar refractivity (Wildman–Crippen MR) is 82.1 cm³/mol. The second-order valence-electron chi connectivity index (χ2n) is 6.45. The number of hydrogen-bond acceptors (Lipinski definition) is 4. The third-order valence-corrected chi connectivity index (χ3v) is 4.79. The predicted octanol–water partition coefficient (Wildman–Crippen LogP) is 2.94. The lowest BCUT2D eigenvalue weighted by Crippen LogP contribution is -2.39. The van der Waals surface area contributed by atoms with Crippen LogP contribution in [0.1, 0.15) is 61.8 Å². The van der Waals surface area contributed by atoms with Gasteiger partial charge in [0.1, 0.15) is 11.9 Å². The number of nitrogens with zero attached hydrogens (tertiary/aromatic N) is 2. The summed E-state index contributed by atoms with van der Waals surface area (Å²) >= 11 is 0. The number of anilines is 1. The van der Waals surface area contributed by atoms with E-state index in [1.165, 1.54) is 24.8 Å². The third-order valence-electron chi connectivity index (χ3n) is 4.79. The van der Waals surface area contributed by atoms with Crippen molar-refractivity contribution in [2.45, 2.75) is 63.4 Å². The molecule has 112 valence electrons. The summed E-state index contributed by atoms with van der Waals surface area (Å²) in [5, 5.41) is 23.1. The molecule has 21 heavy (non-hydrogen) atoms. The summed E-state index contributed by atoms with van der Waals surface area (Å²) in [6, 6.07) is 4.22. The van der Waals surface area contributed by atoms with Crippen LogP contribution in [0.4, 0.5) is 5.82 Å². The van der Waals surface area contributed by atoms with E-state index in [9.17, 15) is 10.4 Å². The van der Waals surface area contributed by atoms with Crippen LogP contribution >= 0.6 is 0 Å². The number of hydrogen-bond donors (Lipinski definition) is 2. The number of nitriles is 1. The fourth-order valence-electron chi connectivity index (χ4n) is 3.49. The highest BCUT2D eigenvalue weighted by molar-refractivity contribution is 5.54. The van der Waals surface area contributed by atoms with Gasteiger partial charge in [-0.1, -0.05) is 19.3 Å². The Balaban J connectivity index is 1.76. The van der Waals surface area contributed by atoms with Gasteiger partial charge in [-0.15, -0.1) is 0 Å². The lowest BCUT2D eigenvalue weighted by molar-refractivity contribution is 0.0166. The minimum Gasteiger partial charge on any atom is -0.388 e. The van der Waals surface area contributed by atoms with E-state index in [1.54, 1.807) is 0 Å². The third kappa shape index (κ3) is 3.19. The lowest BCUT2D eigenvalue weighted by atomic mass is 9.85. The van der Waals surface area contributed by atoms with Crippen LogP contribution in [0.3, 0.4) is 0 Å². The van der Waals surface area contributed by atoms with Crippen LogP contribution < -0.4 is 5.32 Å². The Hall–Kier alpha value is -1.60. The highest BCUT2D eigenvalue weighted by atomic mass is 16.3. The molecule has 1 aromatic rings. The average Bonchev–Trinajstić information content (AvgIpc) is 2.53. The van der Waals surface area contributed by atoms with Crippen molar-refractivity contribution < 1.29 is 5.11 Å². The minimum atomic E-state index is -0.636. The fraction of sp³-hybridized carbons (Fsp3) is 0.647. The first-order valence-electron chi connectivity index (χ1n) is 8.09. The van der Waals surface area contributed by atoms with E-state index in [4.69, 9.17) is 0 Å². The van der Waals surface area contributed by atoms with E-state index in [0.29, 0.717) is 17.9 Å². The Labute approximate surface area is 126 Å². The Kier molecular flexibility index (Phi) is 4.12. The second-order valence-corrected chi connectivity index (χ2v) is 6.45. The van der Waals surface area contributed by atoms with Crippen LogP contribution in [0.5, 0.6) is 0 Å². The van der Waals surface area contributed by atoms with Gasteiger partial charge in [-0.05, 0) is 50.2 Å². The molecule has 0 amide bonds. The van der Waals surface area contributed by atoms with Crippen molar-refractivity contribution in [2.75, 3.05) is 11.9 Å². The molecule has 0 bridgehead atoms. The standard InChI is InChI=1S/C17H23N3O/c18-11-14-10-13-6-2-3-7-15(13)20-16(14)19-12-17(21)8-4-1-5-9-17/h10,21H,1-9,12H2,(H,19,20). The molecular formula is C17H23N3O. The zero-order valence-electron chi connectivity index (χ0n) is 12.5. The van der Waals surface area contributed by atoms with E-state index >= 15 is 0 Å². The number of aryl methyl sites for hydroxylation is 2. The monoisotopic (exact) mass is 285 g/mol. The van der Waals surface area contributed by atoms with Crippen LogP contribution in [0.15, 0.2) is 6.07 Å². The second kappa shape index (κ2) is 6.03. The van der Waals surface area contributed by atoms with Crippen LogP contribution in [-0.4, -0.2) is 22.2 Å². The highest BCUT2D eigenvalue weighted by Gasteiger charge is 2.29. The summed E-state index contributed by atoms with van der Waals surface area (Å²) in [6.45, 7) is 0.494. The maximum absolute atomic E-state index is 10.6. The van der Waals surface area contributed by atoms with Crippen LogP contribution in [0.25, 0.3) is 0 Å². The Morgan fingerprint density at radius 2 is 1.95 bits per heavy atom. The van der Waals surface area contributed by atoms with Gasteiger partial charge in [-0.25, -0.2) is 4.98 Å². The van der Waals surface area contributed by atoms with Gasteiger partial charge in [0.2, 0.25) is 0 Å². The van der Waals surface area contributed by atoms with Crippen molar-refractivity contribution in [1.82, 2.24) is 4.98 Å². The first-order chi connectivity index (χ1) is 10.2. The number of nitrogens with one attached hydrogen (secondary N) is 1. The SMILES string of the molecule is N#Cc1cc2c(nc1NCC1(O)CCCCC1)CCCC2. The molecule has 1 aromatic heterocycles. The fourth-order valence-corrected chi connectivity index (χ4v) is 3.49. The van der Waals surface area contributed by atoms with Gasteiger partial charge in [-0.3, -0.25) is 0 Å². The van der Waals surface area contributed by atoms with Gasteiger partial charge in [0.05, 0.1) is 11.2 Å². The minimum absolute atomic E-state index is 0.494. The van der Waals surface area contributed by atoms with Crippen molar-refractivity contribution in [1.29, 1.82) is 5.26 Å². The van der Waals surface area contributed by atoms with Gasteiger partial charge < -0.3 is 10.4 Å². The average molecular weight is 285 g/mol. The maximum Gasteiger partial charge on any atom is 0.144 e. The first kappa shape index (κ1) is 14.3. The molecule has 2 N–H and O–H groups in total. The number of fused-ring (bicyclic) bond motifs is 1. The zero-order valence-corrected chi connectivity index (χ0v) is 12.5. The summed E-state index contributed by atoms with van der Waals surface area (Å²) in [4.78, 5) is 4.65. The molecule has 0 spiro atoms. The largest absolute Gasteiger partial charge is 0.388 e. The van der Waals surface area contributed by atoms with Crippen LogP contribution in [0, 0.1) is 11.3 Å². The maximum atomic E-state index is 10.6. The molecular weight excluding hydrogens is 262 g/mol. The first-order valence-corrected chi connectivity index (χ1v) is 8.09. The zero-order chi connectivity index (χ0) is 14.7. The Morgan fingerprint density at radius 3 is 2.71 bits per heavy atom. The van der Waals surface area contributed by atoms with Crippen LogP contribution in [0.2, 0.25) is 0 Å². The molecule has 1 heterocycles. The highest BCUT2D eigenvalue weighted by Crippen LogP contribution is 2.29. The topological polar surface area (TPSA) is 68.9 Å². The quantitative estimate of drug-likeness (QED) is 0.896. The molecule has 2 aliphatic rings. The molecule has 0 atom stereocenters. The summed E-state index contributed by atoms with van der Waals surface area (Å²) in [6.07, 6.45) is 9.45. The van der Waals surface area contributed by atoms with E-state index in [1.807, 2.05) is 6.07 Å². The molecule has 4 nitrogen and oxygen atoms in total. The molecule has 1 fully saturated rings. The number of aromatic nitrogens is 1. The molecule has 3 rings (SSSR count). The lowest BCUT2D eigenvalue weighted by Gasteiger charge is -2.32. The van der Waals surface area contributed by atoms with E-state index < -0.39 is 5.60 Å². The van der Waals surface area contributed by atoms with Crippen molar-refractivity contribution >= 4 is 5.82 Å². The molecule has 0 aromatic carbocycles. The van der Waals surface area contributed by atoms with Crippen molar-refractivity contribution in [3.63, 3.8) is 0 Å². The molecule has 0 radical (unpaired) electrons. The summed E-state index contributed by atoms with van der Waals surface area (Å²) < 4.78 is 0. The van der Waals surface area contributed by atoms with Crippen molar-refractivity contribution in [3.05, 3.63) is 22.9 Å². The summed E-state index contributed by atoms with van der Waals surface area (Å²) in [7, 11) is 0. The normalized spacial score (nSPS) is 20.4. The number of rotatable bonds is 3. The molecule has 4 heteroatoms. The van der Waals surface area contributed by atoms with Gasteiger partial charge in [0, 0.05) is 12.2 Å². The van der Waals surface area contributed by atoms with Gasteiger partial charge in [0.15, 0.2) is 0 Å². The molecule has 2 aliphatic carbocycles. The van der Waals surface area contributed by atoms with E-state index in [2.05, 4.69) is 16.4 Å². The van der Waals surface area contributed by atoms with Gasteiger partial charge >= 0.3 is 0 Å². The van der Waals surface area contributed by atoms with E-state index in [0.717, 1.165) is 44.2 Å². The Bertz CT molecular complexity index is 556. The number of pyridine rings is 1. The van der Waals surface area contributed by atoms with Gasteiger partial charge in [0.25, 0.3) is 0 Å². The summed E-state index contributed by atoms with van der Waals surface area (Å²) in [5.41, 5.74) is 2.32. The molecule has 0 unspecified atom stereocenters. The van der Waals surface area contributed by atoms with Gasteiger partial charge in [-0.2, -0.15) is 5.26 Å². The van der Waals surface area contributed by atoms with Crippen LogP contribution in [-0.2, 0) is 12.8 Å². The molecule has 0 saturated heterocycles. The summed E-state index contributed by atoms with van der Waals surface area (Å²) in [5.74, 6) is 0.650. The van der Waals surface area contributed by atoms with E-state index in [-0.39, 0.29) is 0 Å².